The van der Waals surface area contributed by atoms with Crippen LogP contribution in [0.5, 0.6) is 0 Å². The van der Waals surface area contributed by atoms with Crippen LogP contribution >= 0.6 is 23.4 Å². The maximum absolute atomic E-state index is 12.3. The van der Waals surface area contributed by atoms with Crippen molar-refractivity contribution in [3.63, 3.8) is 0 Å². The van der Waals surface area contributed by atoms with E-state index in [2.05, 4.69) is 0 Å². The second-order valence-electron chi connectivity index (χ2n) is 4.95. The van der Waals surface area contributed by atoms with E-state index in [1.54, 1.807) is 31.2 Å². The molecule has 5 heteroatoms. The van der Waals surface area contributed by atoms with E-state index in [-0.39, 0.29) is 6.61 Å². The first-order valence-electron chi connectivity index (χ1n) is 7.40. The summed E-state index contributed by atoms with van der Waals surface area (Å²) < 4.78 is 5.12. The molecule has 2 aromatic carbocycles. The van der Waals surface area contributed by atoms with Gasteiger partial charge in [0.1, 0.15) is 0 Å². The van der Waals surface area contributed by atoms with Crippen molar-refractivity contribution in [2.75, 3.05) is 12.4 Å². The Kier molecular flexibility index (Phi) is 6.96. The number of carbonyl (C=O) groups excluding carboxylic acids is 1. The number of halogens is 1. The van der Waals surface area contributed by atoms with Crippen LogP contribution in [0.1, 0.15) is 18.6 Å². The molecule has 0 aromatic heterocycles. The summed E-state index contributed by atoms with van der Waals surface area (Å²) in [7, 11) is 0. The number of hydrogen-bond donors (Lipinski definition) is 1. The van der Waals surface area contributed by atoms with Crippen molar-refractivity contribution >= 4 is 29.3 Å². The van der Waals surface area contributed by atoms with E-state index < -0.39 is 18.0 Å². The Labute approximate surface area is 145 Å². The number of aliphatic hydroxyl groups excluding tert-OH is 1. The quantitative estimate of drug-likeness (QED) is 0.596. The van der Waals surface area contributed by atoms with Crippen molar-refractivity contribution in [1.82, 2.24) is 0 Å². The van der Waals surface area contributed by atoms with E-state index in [1.165, 1.54) is 11.8 Å². The van der Waals surface area contributed by atoms with Crippen LogP contribution in [0.4, 0.5) is 0 Å². The van der Waals surface area contributed by atoms with Crippen LogP contribution in [0.2, 0.25) is 5.02 Å². The predicted molar refractivity (Wildman–Crippen MR) is 93.7 cm³/mol. The third-order valence-corrected chi connectivity index (χ3v) is 4.84. The summed E-state index contributed by atoms with van der Waals surface area (Å²) in [6.45, 7) is 2.03. The Balaban J connectivity index is 2.16. The van der Waals surface area contributed by atoms with Crippen molar-refractivity contribution in [3.8, 4) is 0 Å². The summed E-state index contributed by atoms with van der Waals surface area (Å²) in [5.41, 5.74) is 0.542. The largest absolute Gasteiger partial charge is 0.466 e. The van der Waals surface area contributed by atoms with E-state index in [9.17, 15) is 9.90 Å². The first-order chi connectivity index (χ1) is 11.1. The van der Waals surface area contributed by atoms with Crippen molar-refractivity contribution in [1.29, 1.82) is 0 Å². The highest BCUT2D eigenvalue weighted by atomic mass is 35.5. The number of ether oxygens (including phenoxy) is 1. The highest BCUT2D eigenvalue weighted by molar-refractivity contribution is 7.99. The molecule has 0 saturated carbocycles. The predicted octanol–water partition coefficient (Wildman–Crippen LogP) is 4.35. The van der Waals surface area contributed by atoms with Crippen LogP contribution in [0.25, 0.3) is 0 Å². The molecule has 2 atom stereocenters. The number of rotatable bonds is 7. The average molecular weight is 351 g/mol. The highest BCUT2D eigenvalue weighted by Gasteiger charge is 2.30. The van der Waals surface area contributed by atoms with Gasteiger partial charge in [0.15, 0.2) is 0 Å². The fourth-order valence-corrected chi connectivity index (χ4v) is 3.46. The maximum atomic E-state index is 12.3. The molecular formula is C18H19ClO3S. The van der Waals surface area contributed by atoms with E-state index in [0.717, 1.165) is 4.90 Å². The van der Waals surface area contributed by atoms with Crippen molar-refractivity contribution < 1.29 is 14.6 Å². The highest BCUT2D eigenvalue weighted by Crippen LogP contribution is 2.32. The lowest BCUT2D eigenvalue weighted by molar-refractivity contribution is -0.151. The fourth-order valence-electron chi connectivity index (χ4n) is 2.17. The molecular weight excluding hydrogens is 332 g/mol. The number of benzene rings is 2. The van der Waals surface area contributed by atoms with Crippen molar-refractivity contribution in [3.05, 3.63) is 65.2 Å². The van der Waals surface area contributed by atoms with Gasteiger partial charge in [-0.15, -0.1) is 11.8 Å². The molecule has 0 aliphatic rings. The van der Waals surface area contributed by atoms with Crippen LogP contribution in [0.3, 0.4) is 0 Å². The Morgan fingerprint density at radius 3 is 2.48 bits per heavy atom. The topological polar surface area (TPSA) is 46.5 Å². The Bertz CT molecular complexity index is 633. The van der Waals surface area contributed by atoms with Crippen LogP contribution in [0, 0.1) is 5.92 Å². The number of thioether (sulfide) groups is 1. The molecule has 0 saturated heterocycles. The van der Waals surface area contributed by atoms with E-state index in [4.69, 9.17) is 16.3 Å². The monoisotopic (exact) mass is 350 g/mol. The molecule has 122 valence electrons. The molecule has 0 amide bonds. The molecule has 23 heavy (non-hydrogen) atoms. The zero-order chi connectivity index (χ0) is 16.7. The van der Waals surface area contributed by atoms with E-state index in [0.29, 0.717) is 16.3 Å². The van der Waals surface area contributed by atoms with E-state index in [1.807, 2.05) is 30.3 Å². The second kappa shape index (κ2) is 8.96. The minimum atomic E-state index is -1.00. The summed E-state index contributed by atoms with van der Waals surface area (Å²) in [6.07, 6.45) is -1.00. The molecule has 1 N–H and O–H groups in total. The molecule has 2 rings (SSSR count). The van der Waals surface area contributed by atoms with Crippen LogP contribution in [-0.4, -0.2) is 23.4 Å². The van der Waals surface area contributed by atoms with E-state index >= 15 is 0 Å². The number of esters is 1. The van der Waals surface area contributed by atoms with Crippen molar-refractivity contribution in [2.45, 2.75) is 17.9 Å². The first-order valence-corrected chi connectivity index (χ1v) is 8.76. The summed E-state index contributed by atoms with van der Waals surface area (Å²) >= 11 is 7.65. The molecule has 0 fully saturated rings. The zero-order valence-electron chi connectivity index (χ0n) is 12.8. The van der Waals surface area contributed by atoms with Crippen molar-refractivity contribution in [2.24, 2.45) is 5.92 Å². The van der Waals surface area contributed by atoms with Crippen LogP contribution in [-0.2, 0) is 9.53 Å². The smallest absolute Gasteiger partial charge is 0.312 e. The Morgan fingerprint density at radius 2 is 1.83 bits per heavy atom. The molecule has 3 nitrogen and oxygen atoms in total. The second-order valence-corrected chi connectivity index (χ2v) is 6.45. The molecule has 0 aliphatic carbocycles. The SMILES string of the molecule is CCOC(=O)C(CSc1ccccc1)C(O)c1ccccc1Cl. The van der Waals surface area contributed by atoms with Gasteiger partial charge in [-0.1, -0.05) is 48.0 Å². The normalized spacial score (nSPS) is 13.3. The summed E-state index contributed by atoms with van der Waals surface area (Å²) in [6, 6.07) is 16.8. The third-order valence-electron chi connectivity index (χ3n) is 3.37. The van der Waals surface area contributed by atoms with Crippen LogP contribution < -0.4 is 0 Å². The lowest BCUT2D eigenvalue weighted by Crippen LogP contribution is -2.27. The summed E-state index contributed by atoms with van der Waals surface area (Å²) in [5, 5.41) is 11.1. The molecule has 0 aliphatic heterocycles. The minimum absolute atomic E-state index is 0.278. The Morgan fingerprint density at radius 1 is 1.17 bits per heavy atom. The molecule has 2 unspecified atom stereocenters. The number of hydrogen-bond acceptors (Lipinski definition) is 4. The first kappa shape index (κ1) is 17.9. The van der Waals surface area contributed by atoms with Gasteiger partial charge < -0.3 is 9.84 Å². The Hall–Kier alpha value is -1.49. The standard InChI is InChI=1S/C18H19ClO3S/c1-2-22-18(21)15(12-23-13-8-4-3-5-9-13)17(20)14-10-6-7-11-16(14)19/h3-11,15,17,20H,2,12H2,1H3. The van der Waals surface area contributed by atoms with Gasteiger partial charge >= 0.3 is 5.97 Å². The van der Waals surface area contributed by atoms with Gasteiger partial charge in [0, 0.05) is 15.7 Å². The lowest BCUT2D eigenvalue weighted by atomic mass is 9.97. The minimum Gasteiger partial charge on any atom is -0.466 e. The van der Waals surface area contributed by atoms with Gasteiger partial charge in [0.05, 0.1) is 18.6 Å². The van der Waals surface area contributed by atoms with Gasteiger partial charge in [-0.3, -0.25) is 4.79 Å². The maximum Gasteiger partial charge on any atom is 0.312 e. The van der Waals surface area contributed by atoms with Gasteiger partial charge in [-0.05, 0) is 30.7 Å². The van der Waals surface area contributed by atoms with Crippen LogP contribution in [0.15, 0.2) is 59.5 Å². The summed E-state index contributed by atoms with van der Waals surface area (Å²) in [4.78, 5) is 13.3. The molecule has 0 bridgehead atoms. The molecule has 0 heterocycles. The lowest BCUT2D eigenvalue weighted by Gasteiger charge is -2.22. The van der Waals surface area contributed by atoms with Gasteiger partial charge in [-0.25, -0.2) is 0 Å². The van der Waals surface area contributed by atoms with Gasteiger partial charge in [0.25, 0.3) is 0 Å². The zero-order valence-corrected chi connectivity index (χ0v) is 14.4. The number of carbonyl (C=O) groups is 1. The van der Waals surface area contributed by atoms with Gasteiger partial charge in [-0.2, -0.15) is 0 Å². The third kappa shape index (κ3) is 4.99. The number of aliphatic hydroxyl groups is 1. The average Bonchev–Trinajstić information content (AvgIpc) is 2.56. The fraction of sp³-hybridized carbons (Fsp3) is 0.278. The van der Waals surface area contributed by atoms with Gasteiger partial charge in [0.2, 0.25) is 0 Å². The summed E-state index contributed by atoms with van der Waals surface area (Å²) in [5.74, 6) is -0.682. The molecule has 0 spiro atoms. The molecule has 2 aromatic rings. The molecule has 0 radical (unpaired) electrons.